The molecule has 4 rings (SSSR count). The summed E-state index contributed by atoms with van der Waals surface area (Å²) < 4.78 is 14.5. The first-order chi connectivity index (χ1) is 18.6. The molecule has 0 spiro atoms. The molecule has 2 fully saturated rings. The van der Waals surface area contributed by atoms with E-state index in [4.69, 9.17) is 4.99 Å². The number of hydrogen-bond donors (Lipinski definition) is 0. The van der Waals surface area contributed by atoms with Crippen LogP contribution in [0, 0.1) is 23.2 Å². The Balaban J connectivity index is 1.48. The number of Topliss-reactive ketones (excluding diaryl/α,β-unsaturated/α-hetero) is 3. The zero-order valence-electron chi connectivity index (χ0n) is 23.9. The van der Waals surface area contributed by atoms with Crippen molar-refractivity contribution in [3.63, 3.8) is 0 Å². The largest absolute Gasteiger partial charge is 0.299 e. The molecule has 0 bridgehead atoms. The van der Waals surface area contributed by atoms with E-state index in [-0.39, 0.29) is 42.5 Å². The van der Waals surface area contributed by atoms with Crippen molar-refractivity contribution < 1.29 is 18.8 Å². The van der Waals surface area contributed by atoms with Crippen molar-refractivity contribution in [3.05, 3.63) is 54.2 Å². The van der Waals surface area contributed by atoms with Crippen molar-refractivity contribution >= 4 is 28.6 Å². The number of halogens is 1. The number of aliphatic imine (C=N–C) groups is 1. The average molecular weight is 534 g/mol. The van der Waals surface area contributed by atoms with Crippen LogP contribution in [0.4, 0.5) is 4.39 Å². The van der Waals surface area contributed by atoms with Crippen molar-refractivity contribution in [2.24, 2.45) is 28.2 Å². The maximum Gasteiger partial charge on any atom is 0.177 e. The molecule has 1 aliphatic heterocycles. The molecule has 0 amide bonds. The van der Waals surface area contributed by atoms with Gasteiger partial charge < -0.3 is 0 Å². The normalized spacial score (nSPS) is 28.3. The van der Waals surface area contributed by atoms with Crippen LogP contribution in [0.25, 0.3) is 5.57 Å². The van der Waals surface area contributed by atoms with E-state index in [9.17, 15) is 18.8 Å². The number of benzene rings is 1. The highest BCUT2D eigenvalue weighted by atomic mass is 19.1. The minimum Gasteiger partial charge on any atom is -0.299 e. The van der Waals surface area contributed by atoms with Gasteiger partial charge >= 0.3 is 0 Å². The van der Waals surface area contributed by atoms with Gasteiger partial charge in [-0.2, -0.15) is 0 Å². The van der Waals surface area contributed by atoms with E-state index < -0.39 is 17.0 Å². The smallest absolute Gasteiger partial charge is 0.177 e. The zero-order chi connectivity index (χ0) is 28.2. The van der Waals surface area contributed by atoms with Crippen LogP contribution in [-0.4, -0.2) is 28.7 Å². The van der Waals surface area contributed by atoms with E-state index in [2.05, 4.69) is 37.8 Å². The number of hydrogen-bond acceptors (Lipinski definition) is 4. The Kier molecular flexibility index (Phi) is 9.18. The molecule has 1 heterocycles. The van der Waals surface area contributed by atoms with Crippen LogP contribution in [0.3, 0.4) is 0 Å². The predicted molar refractivity (Wildman–Crippen MR) is 155 cm³/mol. The number of nitrogens with zero attached hydrogens (tertiary/aromatic N) is 1. The molecule has 0 saturated heterocycles. The summed E-state index contributed by atoms with van der Waals surface area (Å²) >= 11 is 0. The van der Waals surface area contributed by atoms with Gasteiger partial charge in [0.2, 0.25) is 0 Å². The predicted octanol–water partition coefficient (Wildman–Crippen LogP) is 8.06. The topological polar surface area (TPSA) is 63.6 Å². The number of carbonyl (C=O) groups is 3. The third kappa shape index (κ3) is 6.73. The van der Waals surface area contributed by atoms with Crippen LogP contribution in [0.2, 0.25) is 0 Å². The van der Waals surface area contributed by atoms with Crippen molar-refractivity contribution in [3.8, 4) is 0 Å². The van der Waals surface area contributed by atoms with E-state index >= 15 is 0 Å². The fourth-order valence-corrected chi connectivity index (χ4v) is 6.41. The highest BCUT2D eigenvalue weighted by Gasteiger charge is 2.46. The average Bonchev–Trinajstić information content (AvgIpc) is 3.78. The summed E-state index contributed by atoms with van der Waals surface area (Å²) in [6.45, 7) is 9.03. The molecule has 0 N–H and O–H groups in total. The molecule has 2 aliphatic carbocycles. The van der Waals surface area contributed by atoms with Crippen LogP contribution >= 0.6 is 0 Å². The molecule has 2 unspecified atom stereocenters. The van der Waals surface area contributed by atoms with Crippen molar-refractivity contribution in [1.29, 1.82) is 0 Å². The first-order valence-corrected chi connectivity index (χ1v) is 14.9. The van der Waals surface area contributed by atoms with E-state index in [1.807, 2.05) is 6.07 Å². The van der Waals surface area contributed by atoms with Gasteiger partial charge in [-0.1, -0.05) is 43.3 Å². The lowest BCUT2D eigenvalue weighted by Gasteiger charge is -2.40. The van der Waals surface area contributed by atoms with Crippen LogP contribution < -0.4 is 0 Å². The molecule has 3 aliphatic rings. The monoisotopic (exact) mass is 533 g/mol. The van der Waals surface area contributed by atoms with Gasteiger partial charge in [-0.3, -0.25) is 19.4 Å². The van der Waals surface area contributed by atoms with Crippen molar-refractivity contribution in [2.75, 3.05) is 0 Å². The lowest BCUT2D eigenvalue weighted by Crippen LogP contribution is -2.43. The van der Waals surface area contributed by atoms with Gasteiger partial charge in [0.05, 0.1) is 11.6 Å². The van der Waals surface area contributed by atoms with Gasteiger partial charge in [0.15, 0.2) is 11.6 Å². The molecule has 0 aromatic heterocycles. The second kappa shape index (κ2) is 12.2. The van der Waals surface area contributed by atoms with E-state index in [1.54, 1.807) is 13.0 Å². The molecular weight excluding hydrogens is 489 g/mol. The lowest BCUT2D eigenvalue weighted by molar-refractivity contribution is -0.139. The molecule has 5 heteroatoms. The molecule has 4 nitrogen and oxygen atoms in total. The third-order valence-corrected chi connectivity index (χ3v) is 9.31. The Bertz CT molecular complexity index is 1150. The van der Waals surface area contributed by atoms with Gasteiger partial charge in [-0.05, 0) is 95.6 Å². The van der Waals surface area contributed by atoms with Gasteiger partial charge in [0.1, 0.15) is 11.5 Å². The van der Waals surface area contributed by atoms with Gasteiger partial charge in [0, 0.05) is 29.4 Å². The number of alkyl halides is 1. The zero-order valence-corrected chi connectivity index (χ0v) is 23.9. The number of rotatable bonds is 12. The van der Waals surface area contributed by atoms with Crippen molar-refractivity contribution in [2.45, 2.75) is 103 Å². The lowest BCUT2D eigenvalue weighted by atomic mass is 9.64. The molecule has 0 radical (unpaired) electrons. The molecule has 1 aromatic rings. The second-order valence-electron chi connectivity index (χ2n) is 12.3. The molecule has 39 heavy (non-hydrogen) atoms. The highest BCUT2D eigenvalue weighted by Crippen LogP contribution is 2.46. The maximum absolute atomic E-state index is 14.5. The fraction of sp³-hybridized carbons (Fsp3) is 0.588. The van der Waals surface area contributed by atoms with Crippen LogP contribution in [0.1, 0.15) is 103 Å². The Morgan fingerprint density at radius 2 is 1.77 bits per heavy atom. The molecule has 210 valence electrons. The summed E-state index contributed by atoms with van der Waals surface area (Å²) in [6.07, 6.45) is 8.89. The van der Waals surface area contributed by atoms with Gasteiger partial charge in [0.25, 0.3) is 0 Å². The number of carbonyl (C=O) groups excluding carboxylic acids is 3. The van der Waals surface area contributed by atoms with Crippen LogP contribution in [0.15, 0.2) is 53.7 Å². The van der Waals surface area contributed by atoms with Crippen molar-refractivity contribution in [1.82, 2.24) is 0 Å². The number of ketones is 3. The second-order valence-corrected chi connectivity index (χ2v) is 12.3. The summed E-state index contributed by atoms with van der Waals surface area (Å²) in [5, 5.41) is 0. The fourth-order valence-electron chi connectivity index (χ4n) is 6.41. The summed E-state index contributed by atoms with van der Waals surface area (Å²) in [7, 11) is 0. The Morgan fingerprint density at radius 1 is 1.10 bits per heavy atom. The quantitative estimate of drug-likeness (QED) is 0.202. The van der Waals surface area contributed by atoms with E-state index in [0.29, 0.717) is 37.3 Å². The van der Waals surface area contributed by atoms with Gasteiger partial charge in [-0.25, -0.2) is 4.39 Å². The Labute approximate surface area is 233 Å². The van der Waals surface area contributed by atoms with Gasteiger partial charge in [-0.15, -0.1) is 6.58 Å². The molecular formula is C34H44FNO3. The Morgan fingerprint density at radius 3 is 2.33 bits per heavy atom. The van der Waals surface area contributed by atoms with E-state index in [1.165, 1.54) is 18.1 Å². The molecule has 1 aromatic carbocycles. The minimum atomic E-state index is -1.28. The molecule has 2 saturated carbocycles. The number of allylic oxidation sites excluding steroid dienone is 3. The first-order valence-electron chi connectivity index (χ1n) is 14.9. The SMILES string of the molecule is C=C[C@]1(C(=O)C(CCCC(=O)C2=NC(C3CC3)=C(c3ccccc3)CCC2CC)C(C)=O)CC[C@](C)(F)CC1. The maximum atomic E-state index is 14.5. The van der Waals surface area contributed by atoms with Crippen LogP contribution in [0.5, 0.6) is 0 Å². The third-order valence-electron chi connectivity index (χ3n) is 9.31. The summed E-state index contributed by atoms with van der Waals surface area (Å²) in [5.74, 6) is -0.559. The Hall–Kier alpha value is -2.69. The van der Waals surface area contributed by atoms with Crippen LogP contribution in [-0.2, 0) is 14.4 Å². The minimum absolute atomic E-state index is 0.0355. The summed E-state index contributed by atoms with van der Waals surface area (Å²) in [6, 6.07) is 10.4. The van der Waals surface area contributed by atoms with E-state index in [0.717, 1.165) is 37.8 Å². The summed E-state index contributed by atoms with van der Waals surface area (Å²) in [4.78, 5) is 44.9. The molecule has 2 atom stereocenters. The summed E-state index contributed by atoms with van der Waals surface area (Å²) in [5.41, 5.74) is 2.08. The first kappa shape index (κ1) is 29.3. The highest BCUT2D eigenvalue weighted by molar-refractivity contribution is 6.41. The standard InChI is InChI=1S/C34H44FNO3/c1-5-24-17-18-28(25-11-8-7-9-12-25)30(26-15-16-26)36-31(24)29(38)14-10-13-27(23(3)37)32(39)34(6-2)21-19-33(4,35)20-22-34/h6-9,11-12,24,26-27H,2,5,10,13-22H2,1,3-4H3/t24?,27?,33-,34-.